The Bertz CT molecular complexity index is 655. The SMILES string of the molecule is COc1cc([N+](=O)[O-])ccc1NC(=O)[C@@H](C)OC(=O)CC1CCCC1. The van der Waals surface area contributed by atoms with Crippen LogP contribution in [0.3, 0.4) is 0 Å². The summed E-state index contributed by atoms with van der Waals surface area (Å²) in [7, 11) is 1.35. The maximum absolute atomic E-state index is 12.2. The summed E-state index contributed by atoms with van der Waals surface area (Å²) in [4.78, 5) is 34.3. The van der Waals surface area contributed by atoms with Gasteiger partial charge in [0.25, 0.3) is 11.6 Å². The normalized spacial score (nSPS) is 15.4. The number of hydrogen-bond donors (Lipinski definition) is 1. The van der Waals surface area contributed by atoms with Gasteiger partial charge in [-0.3, -0.25) is 19.7 Å². The van der Waals surface area contributed by atoms with E-state index in [1.54, 1.807) is 0 Å². The summed E-state index contributed by atoms with van der Waals surface area (Å²) in [5.41, 5.74) is 0.127. The summed E-state index contributed by atoms with van der Waals surface area (Å²) in [6, 6.07) is 3.85. The lowest BCUT2D eigenvalue weighted by molar-refractivity contribution is -0.384. The highest BCUT2D eigenvalue weighted by molar-refractivity contribution is 5.96. The van der Waals surface area contributed by atoms with Crippen molar-refractivity contribution >= 4 is 23.3 Å². The van der Waals surface area contributed by atoms with E-state index in [4.69, 9.17) is 9.47 Å². The number of esters is 1. The molecule has 1 aliphatic carbocycles. The van der Waals surface area contributed by atoms with Gasteiger partial charge in [-0.2, -0.15) is 0 Å². The quantitative estimate of drug-likeness (QED) is 0.460. The zero-order valence-electron chi connectivity index (χ0n) is 14.3. The summed E-state index contributed by atoms with van der Waals surface area (Å²) in [6.07, 6.45) is 3.68. The van der Waals surface area contributed by atoms with Gasteiger partial charge in [0, 0.05) is 12.5 Å². The molecule has 0 heterocycles. The molecule has 25 heavy (non-hydrogen) atoms. The van der Waals surface area contributed by atoms with Gasteiger partial charge in [0.1, 0.15) is 5.75 Å². The third-order valence-corrected chi connectivity index (χ3v) is 4.26. The van der Waals surface area contributed by atoms with Crippen molar-refractivity contribution in [3.05, 3.63) is 28.3 Å². The van der Waals surface area contributed by atoms with Crippen LogP contribution in [-0.2, 0) is 14.3 Å². The van der Waals surface area contributed by atoms with Crippen molar-refractivity contribution in [3.63, 3.8) is 0 Å². The van der Waals surface area contributed by atoms with Crippen molar-refractivity contribution < 1.29 is 24.0 Å². The average molecular weight is 350 g/mol. The Kier molecular flexibility index (Phi) is 6.32. The Morgan fingerprint density at radius 3 is 2.64 bits per heavy atom. The molecule has 136 valence electrons. The first kappa shape index (κ1) is 18.7. The van der Waals surface area contributed by atoms with Crippen molar-refractivity contribution in [2.24, 2.45) is 5.92 Å². The van der Waals surface area contributed by atoms with Gasteiger partial charge in [-0.25, -0.2) is 0 Å². The fourth-order valence-corrected chi connectivity index (χ4v) is 2.88. The van der Waals surface area contributed by atoms with Crippen molar-refractivity contribution in [1.82, 2.24) is 0 Å². The molecular weight excluding hydrogens is 328 g/mol. The van der Waals surface area contributed by atoms with Crippen molar-refractivity contribution in [2.75, 3.05) is 12.4 Å². The largest absolute Gasteiger partial charge is 0.494 e. The van der Waals surface area contributed by atoms with E-state index in [9.17, 15) is 19.7 Å². The van der Waals surface area contributed by atoms with Crippen LogP contribution < -0.4 is 10.1 Å². The van der Waals surface area contributed by atoms with Crippen LogP contribution in [0, 0.1) is 16.0 Å². The molecule has 0 radical (unpaired) electrons. The van der Waals surface area contributed by atoms with Crippen molar-refractivity contribution in [1.29, 1.82) is 0 Å². The van der Waals surface area contributed by atoms with E-state index < -0.39 is 16.9 Å². The zero-order valence-corrected chi connectivity index (χ0v) is 14.3. The second-order valence-corrected chi connectivity index (χ2v) is 6.12. The number of ether oxygens (including phenoxy) is 2. The molecule has 1 amide bonds. The van der Waals surface area contributed by atoms with Gasteiger partial charge in [0.2, 0.25) is 0 Å². The van der Waals surface area contributed by atoms with E-state index in [1.165, 1.54) is 32.2 Å². The number of anilines is 1. The van der Waals surface area contributed by atoms with Crippen LogP contribution in [-0.4, -0.2) is 30.0 Å². The van der Waals surface area contributed by atoms with Gasteiger partial charge >= 0.3 is 5.97 Å². The van der Waals surface area contributed by atoms with Crippen LogP contribution >= 0.6 is 0 Å². The van der Waals surface area contributed by atoms with E-state index in [-0.39, 0.29) is 23.1 Å². The highest BCUT2D eigenvalue weighted by Gasteiger charge is 2.24. The fraction of sp³-hybridized carbons (Fsp3) is 0.529. The summed E-state index contributed by atoms with van der Waals surface area (Å²) in [6.45, 7) is 1.49. The minimum Gasteiger partial charge on any atom is -0.494 e. The molecule has 1 saturated carbocycles. The third kappa shape index (κ3) is 5.17. The number of benzene rings is 1. The molecule has 1 aromatic carbocycles. The number of methoxy groups -OCH3 is 1. The molecule has 8 heteroatoms. The number of nitrogens with one attached hydrogen (secondary N) is 1. The molecule has 1 aromatic rings. The molecule has 2 rings (SSSR count). The maximum atomic E-state index is 12.2. The number of nitro groups is 1. The first-order valence-corrected chi connectivity index (χ1v) is 8.23. The van der Waals surface area contributed by atoms with Crippen LogP contribution in [0.25, 0.3) is 0 Å². The molecule has 0 aliphatic heterocycles. The van der Waals surface area contributed by atoms with Crippen molar-refractivity contribution in [2.45, 2.75) is 45.1 Å². The standard InChI is InChI=1S/C17H22N2O6/c1-11(25-16(20)9-12-5-3-4-6-12)17(21)18-14-8-7-13(19(22)23)10-15(14)24-2/h7-8,10-12H,3-6,9H2,1-2H3,(H,18,21)/t11-/m1/s1. The first-order valence-electron chi connectivity index (χ1n) is 8.23. The minimum absolute atomic E-state index is 0.147. The van der Waals surface area contributed by atoms with Gasteiger partial charge < -0.3 is 14.8 Å². The summed E-state index contributed by atoms with van der Waals surface area (Å²) in [5, 5.41) is 13.3. The average Bonchev–Trinajstić information content (AvgIpc) is 3.07. The predicted molar refractivity (Wildman–Crippen MR) is 90.4 cm³/mol. The van der Waals surface area contributed by atoms with E-state index in [0.29, 0.717) is 12.3 Å². The summed E-state index contributed by atoms with van der Waals surface area (Å²) < 4.78 is 10.2. The topological polar surface area (TPSA) is 108 Å². The van der Waals surface area contributed by atoms with Crippen LogP contribution in [0.4, 0.5) is 11.4 Å². The Balaban J connectivity index is 1.93. The third-order valence-electron chi connectivity index (χ3n) is 4.26. The second-order valence-electron chi connectivity index (χ2n) is 6.12. The van der Waals surface area contributed by atoms with Gasteiger partial charge in [0.05, 0.1) is 23.8 Å². The predicted octanol–water partition coefficient (Wildman–Crippen LogP) is 3.05. The number of rotatable bonds is 7. The van der Waals surface area contributed by atoms with Gasteiger partial charge in [0.15, 0.2) is 6.10 Å². The molecule has 0 bridgehead atoms. The van der Waals surface area contributed by atoms with E-state index in [2.05, 4.69) is 5.32 Å². The van der Waals surface area contributed by atoms with Crippen LogP contribution in [0.1, 0.15) is 39.0 Å². The number of non-ortho nitro benzene ring substituents is 1. The van der Waals surface area contributed by atoms with Crippen LogP contribution in [0.5, 0.6) is 5.75 Å². The number of carbonyl (C=O) groups excluding carboxylic acids is 2. The maximum Gasteiger partial charge on any atom is 0.306 e. The Morgan fingerprint density at radius 1 is 1.36 bits per heavy atom. The number of amides is 1. The van der Waals surface area contributed by atoms with E-state index >= 15 is 0 Å². The van der Waals surface area contributed by atoms with Crippen molar-refractivity contribution in [3.8, 4) is 5.75 Å². The number of carbonyl (C=O) groups is 2. The van der Waals surface area contributed by atoms with E-state index in [1.807, 2.05) is 0 Å². The fourth-order valence-electron chi connectivity index (χ4n) is 2.88. The Hall–Kier alpha value is -2.64. The smallest absolute Gasteiger partial charge is 0.306 e. The molecule has 1 N–H and O–H groups in total. The molecule has 1 fully saturated rings. The van der Waals surface area contributed by atoms with Gasteiger partial charge in [-0.05, 0) is 31.7 Å². The van der Waals surface area contributed by atoms with Gasteiger partial charge in [-0.15, -0.1) is 0 Å². The molecule has 0 unspecified atom stereocenters. The van der Waals surface area contributed by atoms with Gasteiger partial charge in [-0.1, -0.05) is 12.8 Å². The highest BCUT2D eigenvalue weighted by atomic mass is 16.6. The molecular formula is C17H22N2O6. The highest BCUT2D eigenvalue weighted by Crippen LogP contribution is 2.30. The summed E-state index contributed by atoms with van der Waals surface area (Å²) in [5.74, 6) is -0.401. The van der Waals surface area contributed by atoms with E-state index in [0.717, 1.165) is 25.7 Å². The molecule has 1 atom stereocenters. The lowest BCUT2D eigenvalue weighted by Crippen LogP contribution is -2.30. The number of nitrogens with zero attached hydrogens (tertiary/aromatic N) is 1. The molecule has 8 nitrogen and oxygen atoms in total. The Morgan fingerprint density at radius 2 is 2.04 bits per heavy atom. The lowest BCUT2D eigenvalue weighted by Gasteiger charge is -2.16. The Labute approximate surface area is 145 Å². The lowest BCUT2D eigenvalue weighted by atomic mass is 10.0. The number of hydrogen-bond acceptors (Lipinski definition) is 6. The molecule has 0 saturated heterocycles. The van der Waals surface area contributed by atoms with Crippen LogP contribution in [0.15, 0.2) is 18.2 Å². The monoisotopic (exact) mass is 350 g/mol. The van der Waals surface area contributed by atoms with Crippen LogP contribution in [0.2, 0.25) is 0 Å². The molecule has 0 aromatic heterocycles. The minimum atomic E-state index is -0.964. The zero-order chi connectivity index (χ0) is 18.4. The second kappa shape index (κ2) is 8.46. The number of nitro benzene ring substituents is 1. The first-order chi connectivity index (χ1) is 11.9. The molecule has 0 spiro atoms. The molecule has 1 aliphatic rings. The summed E-state index contributed by atoms with van der Waals surface area (Å²) >= 11 is 0.